The van der Waals surface area contributed by atoms with E-state index in [9.17, 15) is 0 Å². The normalized spacial score (nSPS) is 12.8. The van der Waals surface area contributed by atoms with Crippen molar-refractivity contribution in [1.29, 1.82) is 0 Å². The Hall–Kier alpha value is -1.49. The van der Waals surface area contributed by atoms with Crippen molar-refractivity contribution in [2.75, 3.05) is 13.7 Å². The van der Waals surface area contributed by atoms with Crippen molar-refractivity contribution in [2.45, 2.75) is 5.92 Å². The van der Waals surface area contributed by atoms with Crippen molar-refractivity contribution in [3.63, 3.8) is 0 Å². The van der Waals surface area contributed by atoms with Crippen LogP contribution in [0.15, 0.2) is 36.5 Å². The maximum Gasteiger partial charge on any atom is 0.119 e. The number of ether oxygens (including phenoxy) is 1. The van der Waals surface area contributed by atoms with Crippen molar-refractivity contribution in [1.82, 2.24) is 4.98 Å². The number of hydrogen-bond donors (Lipinski definition) is 2. The Bertz CT molecular complexity index is 734. The van der Waals surface area contributed by atoms with E-state index in [4.69, 9.17) is 22.1 Å². The highest BCUT2D eigenvalue weighted by Crippen LogP contribution is 2.36. The van der Waals surface area contributed by atoms with Crippen molar-refractivity contribution < 1.29 is 4.74 Å². The third-order valence-corrected chi connectivity index (χ3v) is 4.81. The largest absolute Gasteiger partial charge is 0.497 e. The SMILES string of the molecule is COc1ccc2[nH]cc(C(CN)c3ccc(Cl)s3)c2c1. The van der Waals surface area contributed by atoms with Crippen LogP contribution < -0.4 is 10.5 Å². The fourth-order valence-electron chi connectivity index (χ4n) is 2.45. The number of benzene rings is 1. The molecule has 20 heavy (non-hydrogen) atoms. The Balaban J connectivity index is 2.11. The smallest absolute Gasteiger partial charge is 0.119 e. The molecule has 0 saturated carbocycles. The van der Waals surface area contributed by atoms with Crippen molar-refractivity contribution >= 4 is 33.8 Å². The minimum absolute atomic E-state index is 0.147. The Morgan fingerprint density at radius 1 is 1.35 bits per heavy atom. The molecule has 2 heterocycles. The van der Waals surface area contributed by atoms with E-state index < -0.39 is 0 Å². The average Bonchev–Trinajstić information content (AvgIpc) is 3.07. The van der Waals surface area contributed by atoms with Crippen LogP contribution in [-0.4, -0.2) is 18.6 Å². The van der Waals surface area contributed by atoms with Gasteiger partial charge in [-0.3, -0.25) is 0 Å². The summed E-state index contributed by atoms with van der Waals surface area (Å²) < 4.78 is 6.09. The summed E-state index contributed by atoms with van der Waals surface area (Å²) in [5, 5.41) is 1.14. The van der Waals surface area contributed by atoms with Crippen LogP contribution in [0.2, 0.25) is 4.34 Å². The molecule has 0 aliphatic rings. The van der Waals surface area contributed by atoms with Gasteiger partial charge in [0.15, 0.2) is 0 Å². The Labute approximate surface area is 126 Å². The Kier molecular flexibility index (Phi) is 3.70. The average molecular weight is 307 g/mol. The summed E-state index contributed by atoms with van der Waals surface area (Å²) >= 11 is 7.62. The molecule has 2 aromatic heterocycles. The summed E-state index contributed by atoms with van der Waals surface area (Å²) in [6, 6.07) is 9.97. The number of aromatic amines is 1. The zero-order chi connectivity index (χ0) is 14.1. The first-order valence-corrected chi connectivity index (χ1v) is 7.52. The number of rotatable bonds is 4. The van der Waals surface area contributed by atoms with Gasteiger partial charge in [0.25, 0.3) is 0 Å². The zero-order valence-electron chi connectivity index (χ0n) is 11.0. The minimum Gasteiger partial charge on any atom is -0.497 e. The fourth-order valence-corrected chi connectivity index (χ4v) is 3.64. The highest BCUT2D eigenvalue weighted by atomic mass is 35.5. The summed E-state index contributed by atoms with van der Waals surface area (Å²) in [6.45, 7) is 0.543. The van der Waals surface area contributed by atoms with Crippen molar-refractivity contribution in [3.8, 4) is 5.75 Å². The summed E-state index contributed by atoms with van der Waals surface area (Å²) in [7, 11) is 1.67. The van der Waals surface area contributed by atoms with Crippen LogP contribution in [0.5, 0.6) is 5.75 Å². The molecular formula is C15H15ClN2OS. The van der Waals surface area contributed by atoms with Gasteiger partial charge in [-0.05, 0) is 35.9 Å². The van der Waals surface area contributed by atoms with Gasteiger partial charge in [-0.1, -0.05) is 11.6 Å². The molecule has 0 saturated heterocycles. The first kappa shape index (κ1) is 13.5. The van der Waals surface area contributed by atoms with Crippen LogP contribution in [0, 0.1) is 0 Å². The van der Waals surface area contributed by atoms with Gasteiger partial charge in [-0.15, -0.1) is 11.3 Å². The standard InChI is InChI=1S/C15H15ClN2OS/c1-19-9-2-3-13-10(6-9)12(8-18-13)11(7-17)14-4-5-15(16)20-14/h2-6,8,11,18H,7,17H2,1H3. The molecule has 1 aromatic carbocycles. The highest BCUT2D eigenvalue weighted by Gasteiger charge is 2.18. The molecule has 0 aliphatic carbocycles. The molecule has 3 N–H and O–H groups in total. The number of nitrogens with two attached hydrogens (primary N) is 1. The Morgan fingerprint density at radius 3 is 2.85 bits per heavy atom. The molecule has 3 rings (SSSR count). The van der Waals surface area contributed by atoms with Gasteiger partial charge in [0.2, 0.25) is 0 Å². The number of thiophene rings is 1. The van der Waals surface area contributed by atoms with E-state index in [2.05, 4.69) is 4.98 Å². The van der Waals surface area contributed by atoms with Crippen LogP contribution in [0.4, 0.5) is 0 Å². The first-order chi connectivity index (χ1) is 9.72. The van der Waals surface area contributed by atoms with Crippen LogP contribution in [0.1, 0.15) is 16.4 Å². The van der Waals surface area contributed by atoms with E-state index in [1.807, 2.05) is 36.5 Å². The lowest BCUT2D eigenvalue weighted by atomic mass is 9.97. The lowest BCUT2D eigenvalue weighted by molar-refractivity contribution is 0.415. The number of halogens is 1. The van der Waals surface area contributed by atoms with E-state index in [1.165, 1.54) is 10.4 Å². The maximum absolute atomic E-state index is 6.04. The van der Waals surface area contributed by atoms with Gasteiger partial charge in [0.05, 0.1) is 11.4 Å². The second-order valence-electron chi connectivity index (χ2n) is 4.59. The van der Waals surface area contributed by atoms with Crippen LogP contribution in [0.3, 0.4) is 0 Å². The number of fused-ring (bicyclic) bond motifs is 1. The maximum atomic E-state index is 6.04. The topological polar surface area (TPSA) is 51.0 Å². The third-order valence-electron chi connectivity index (χ3n) is 3.47. The molecule has 0 bridgehead atoms. The van der Waals surface area contributed by atoms with Gasteiger partial charge < -0.3 is 15.5 Å². The summed E-state index contributed by atoms with van der Waals surface area (Å²) in [5.74, 6) is 0.992. The summed E-state index contributed by atoms with van der Waals surface area (Å²) in [6.07, 6.45) is 2.02. The molecule has 0 amide bonds. The molecule has 5 heteroatoms. The zero-order valence-corrected chi connectivity index (χ0v) is 12.6. The van der Waals surface area contributed by atoms with E-state index in [-0.39, 0.29) is 5.92 Å². The number of methoxy groups -OCH3 is 1. The van der Waals surface area contributed by atoms with Gasteiger partial charge in [0.1, 0.15) is 5.75 Å². The predicted octanol–water partition coefficient (Wildman–Crippen LogP) is 3.98. The molecule has 3 aromatic rings. The minimum atomic E-state index is 0.147. The number of H-pyrrole nitrogens is 1. The van der Waals surface area contributed by atoms with Crippen molar-refractivity contribution in [2.24, 2.45) is 5.73 Å². The van der Waals surface area contributed by atoms with Crippen molar-refractivity contribution in [3.05, 3.63) is 51.3 Å². The third kappa shape index (κ3) is 2.30. The van der Waals surface area contributed by atoms with Gasteiger partial charge in [0, 0.05) is 34.4 Å². The van der Waals surface area contributed by atoms with Crippen LogP contribution in [0.25, 0.3) is 10.9 Å². The summed E-state index contributed by atoms with van der Waals surface area (Å²) in [4.78, 5) is 4.47. The number of hydrogen-bond acceptors (Lipinski definition) is 3. The molecule has 0 spiro atoms. The molecule has 3 nitrogen and oxygen atoms in total. The first-order valence-electron chi connectivity index (χ1n) is 6.33. The number of aromatic nitrogens is 1. The summed E-state index contributed by atoms with van der Waals surface area (Å²) in [5.41, 5.74) is 8.25. The fraction of sp³-hybridized carbons (Fsp3) is 0.200. The molecule has 104 valence electrons. The molecule has 1 atom stereocenters. The second-order valence-corrected chi connectivity index (χ2v) is 6.33. The molecule has 0 radical (unpaired) electrons. The van der Waals surface area contributed by atoms with Gasteiger partial charge >= 0.3 is 0 Å². The quantitative estimate of drug-likeness (QED) is 0.766. The lowest BCUT2D eigenvalue weighted by Gasteiger charge is -2.12. The van der Waals surface area contributed by atoms with E-state index in [1.54, 1.807) is 18.4 Å². The van der Waals surface area contributed by atoms with E-state index in [0.29, 0.717) is 6.54 Å². The van der Waals surface area contributed by atoms with Gasteiger partial charge in [-0.25, -0.2) is 0 Å². The molecule has 0 fully saturated rings. The predicted molar refractivity (Wildman–Crippen MR) is 85.1 cm³/mol. The molecule has 0 aliphatic heterocycles. The van der Waals surface area contributed by atoms with Crippen LogP contribution in [-0.2, 0) is 0 Å². The van der Waals surface area contributed by atoms with E-state index >= 15 is 0 Å². The highest BCUT2D eigenvalue weighted by molar-refractivity contribution is 7.16. The second kappa shape index (κ2) is 5.48. The van der Waals surface area contributed by atoms with E-state index in [0.717, 1.165) is 21.0 Å². The Morgan fingerprint density at radius 2 is 2.20 bits per heavy atom. The molecule has 1 unspecified atom stereocenters. The van der Waals surface area contributed by atoms with Crippen LogP contribution >= 0.6 is 22.9 Å². The van der Waals surface area contributed by atoms with Gasteiger partial charge in [-0.2, -0.15) is 0 Å². The number of nitrogens with one attached hydrogen (secondary N) is 1. The molecular weight excluding hydrogens is 292 g/mol. The lowest BCUT2D eigenvalue weighted by Crippen LogP contribution is -2.12. The monoisotopic (exact) mass is 306 g/mol.